The number of nitrogens with one attached hydrogen (secondary N) is 3. The van der Waals surface area contributed by atoms with Gasteiger partial charge in [0.15, 0.2) is 5.96 Å². The average molecular weight is 396 g/mol. The molecule has 1 aromatic rings. The molecule has 7 nitrogen and oxygen atoms in total. The van der Waals surface area contributed by atoms with Crippen molar-refractivity contribution in [2.75, 3.05) is 33.7 Å². The van der Waals surface area contributed by atoms with Gasteiger partial charge >= 0.3 is 0 Å². The van der Waals surface area contributed by atoms with Crippen molar-refractivity contribution >= 4 is 16.0 Å². The van der Waals surface area contributed by atoms with Crippen LogP contribution >= 0.6 is 0 Å². The van der Waals surface area contributed by atoms with E-state index in [9.17, 15) is 8.42 Å². The lowest BCUT2D eigenvalue weighted by Gasteiger charge is -2.35. The van der Waals surface area contributed by atoms with Crippen LogP contribution in [0, 0.1) is 0 Å². The monoisotopic (exact) mass is 395 g/mol. The van der Waals surface area contributed by atoms with E-state index in [1.165, 1.54) is 39.3 Å². The van der Waals surface area contributed by atoms with Gasteiger partial charge in [0.1, 0.15) is 0 Å². The van der Waals surface area contributed by atoms with Gasteiger partial charge in [-0.15, -0.1) is 0 Å². The zero-order valence-corrected chi connectivity index (χ0v) is 17.5. The van der Waals surface area contributed by atoms with Gasteiger partial charge < -0.3 is 10.6 Å². The average Bonchev–Trinajstić information content (AvgIpc) is 2.71. The molecular formula is C19H33N5O2S. The molecule has 0 amide bonds. The predicted molar refractivity (Wildman–Crippen MR) is 110 cm³/mol. The van der Waals surface area contributed by atoms with Crippen molar-refractivity contribution in [1.82, 2.24) is 20.3 Å². The Hall–Kier alpha value is -1.64. The molecule has 27 heavy (non-hydrogen) atoms. The second kappa shape index (κ2) is 10.6. The van der Waals surface area contributed by atoms with Crippen LogP contribution in [0.4, 0.5) is 0 Å². The number of hydrogen-bond donors (Lipinski definition) is 3. The maximum atomic E-state index is 11.8. The summed E-state index contributed by atoms with van der Waals surface area (Å²) in [5, 5.41) is 6.64. The van der Waals surface area contributed by atoms with Crippen LogP contribution in [-0.4, -0.2) is 59.0 Å². The molecule has 0 spiro atoms. The zero-order chi connectivity index (χ0) is 19.7. The number of nitrogens with zero attached hydrogens (tertiary/aromatic N) is 2. The predicted octanol–water partition coefficient (Wildman–Crippen LogP) is 1.52. The zero-order valence-electron chi connectivity index (χ0n) is 16.7. The quantitative estimate of drug-likeness (QED) is 0.459. The maximum Gasteiger partial charge on any atom is 0.240 e. The Morgan fingerprint density at radius 2 is 1.96 bits per heavy atom. The molecule has 1 atom stereocenters. The fourth-order valence-electron chi connectivity index (χ4n) is 3.45. The van der Waals surface area contributed by atoms with Crippen LogP contribution < -0.4 is 15.4 Å². The molecule has 1 aliphatic rings. The molecule has 1 unspecified atom stereocenters. The lowest BCUT2D eigenvalue weighted by molar-refractivity contribution is 0.147. The van der Waals surface area contributed by atoms with Gasteiger partial charge in [-0.3, -0.25) is 9.89 Å². The molecule has 1 aliphatic heterocycles. The molecule has 1 heterocycles. The summed E-state index contributed by atoms with van der Waals surface area (Å²) >= 11 is 0. The van der Waals surface area contributed by atoms with Crippen molar-refractivity contribution in [3.05, 3.63) is 29.8 Å². The van der Waals surface area contributed by atoms with Gasteiger partial charge in [-0.2, -0.15) is 0 Å². The number of hydrogen-bond acceptors (Lipinski definition) is 4. The third kappa shape index (κ3) is 6.48. The van der Waals surface area contributed by atoms with Crippen LogP contribution in [0.1, 0.15) is 38.2 Å². The summed E-state index contributed by atoms with van der Waals surface area (Å²) in [5.41, 5.74) is 0.995. The summed E-state index contributed by atoms with van der Waals surface area (Å²) in [6.07, 6.45) is 5.16. The minimum atomic E-state index is -3.39. The SMILES string of the molecule is CCC1CCCCN1CCNC(=NC)NCc1ccc(S(=O)(=O)NC)cc1. The highest BCUT2D eigenvalue weighted by molar-refractivity contribution is 7.89. The van der Waals surface area contributed by atoms with Crippen LogP contribution in [0.2, 0.25) is 0 Å². The Kier molecular flexibility index (Phi) is 8.53. The van der Waals surface area contributed by atoms with Crippen molar-refractivity contribution in [2.24, 2.45) is 4.99 Å². The van der Waals surface area contributed by atoms with Crippen LogP contribution in [0.3, 0.4) is 0 Å². The molecule has 0 bridgehead atoms. The van der Waals surface area contributed by atoms with Gasteiger partial charge in [-0.05, 0) is 50.6 Å². The van der Waals surface area contributed by atoms with E-state index in [0.29, 0.717) is 12.6 Å². The van der Waals surface area contributed by atoms with Crippen molar-refractivity contribution in [3.63, 3.8) is 0 Å². The molecule has 1 aromatic carbocycles. The summed E-state index contributed by atoms with van der Waals surface area (Å²) < 4.78 is 25.8. The molecule has 0 radical (unpaired) electrons. The van der Waals surface area contributed by atoms with Crippen molar-refractivity contribution < 1.29 is 8.42 Å². The van der Waals surface area contributed by atoms with Gasteiger partial charge in [-0.25, -0.2) is 13.1 Å². The minimum Gasteiger partial charge on any atom is -0.355 e. The van der Waals surface area contributed by atoms with Crippen molar-refractivity contribution in [2.45, 2.75) is 50.1 Å². The second-order valence-electron chi connectivity index (χ2n) is 6.80. The minimum absolute atomic E-state index is 0.267. The van der Waals surface area contributed by atoms with E-state index < -0.39 is 10.0 Å². The molecule has 3 N–H and O–H groups in total. The number of likely N-dealkylation sites (tertiary alicyclic amines) is 1. The van der Waals surface area contributed by atoms with Crippen LogP contribution in [0.5, 0.6) is 0 Å². The molecule has 0 saturated carbocycles. The van der Waals surface area contributed by atoms with E-state index >= 15 is 0 Å². The van der Waals surface area contributed by atoms with Gasteiger partial charge in [0.2, 0.25) is 10.0 Å². The number of rotatable bonds is 8. The standard InChI is InChI=1S/C19H33N5O2S/c1-4-17-7-5-6-13-24(17)14-12-22-19(20-2)23-15-16-8-10-18(11-9-16)27(25,26)21-3/h8-11,17,21H,4-7,12-15H2,1-3H3,(H2,20,22,23). The van der Waals surface area contributed by atoms with Crippen LogP contribution in [0.15, 0.2) is 34.2 Å². The highest BCUT2D eigenvalue weighted by Crippen LogP contribution is 2.18. The molecule has 1 saturated heterocycles. The maximum absolute atomic E-state index is 11.8. The molecule has 2 rings (SSSR count). The first-order chi connectivity index (χ1) is 13.0. The molecular weight excluding hydrogens is 362 g/mol. The molecule has 0 aromatic heterocycles. The largest absolute Gasteiger partial charge is 0.355 e. The summed E-state index contributed by atoms with van der Waals surface area (Å²) in [4.78, 5) is 7.11. The Balaban J connectivity index is 1.78. The van der Waals surface area contributed by atoms with Gasteiger partial charge in [0.25, 0.3) is 0 Å². The van der Waals surface area contributed by atoms with E-state index in [2.05, 4.69) is 32.2 Å². The number of sulfonamides is 1. The number of guanidine groups is 1. The number of benzene rings is 1. The van der Waals surface area contributed by atoms with E-state index in [1.807, 2.05) is 12.1 Å². The van der Waals surface area contributed by atoms with Crippen molar-refractivity contribution in [3.8, 4) is 0 Å². The first-order valence-corrected chi connectivity index (χ1v) is 11.2. The van der Waals surface area contributed by atoms with Gasteiger partial charge in [0.05, 0.1) is 4.90 Å². The molecule has 152 valence electrons. The summed E-state index contributed by atoms with van der Waals surface area (Å²) in [6.45, 7) is 5.92. The second-order valence-corrected chi connectivity index (χ2v) is 8.68. The summed E-state index contributed by atoms with van der Waals surface area (Å²) in [5.74, 6) is 0.756. The highest BCUT2D eigenvalue weighted by Gasteiger charge is 2.19. The van der Waals surface area contributed by atoms with Gasteiger partial charge in [0, 0.05) is 32.7 Å². The topological polar surface area (TPSA) is 85.8 Å². The fourth-order valence-corrected chi connectivity index (χ4v) is 4.18. The Morgan fingerprint density at radius 3 is 2.59 bits per heavy atom. The first-order valence-electron chi connectivity index (χ1n) is 9.71. The Labute approximate surface area is 163 Å². The van der Waals surface area contributed by atoms with E-state index in [-0.39, 0.29) is 4.90 Å². The summed E-state index contributed by atoms with van der Waals surface area (Å²) in [6, 6.07) is 7.55. The number of piperidine rings is 1. The summed E-state index contributed by atoms with van der Waals surface area (Å²) in [7, 11) is -0.224. The van der Waals surface area contributed by atoms with E-state index in [1.54, 1.807) is 19.2 Å². The van der Waals surface area contributed by atoms with Crippen LogP contribution in [-0.2, 0) is 16.6 Å². The smallest absolute Gasteiger partial charge is 0.240 e. The first kappa shape index (κ1) is 21.7. The normalized spacial score (nSPS) is 19.1. The molecule has 1 fully saturated rings. The Morgan fingerprint density at radius 1 is 1.22 bits per heavy atom. The van der Waals surface area contributed by atoms with Crippen molar-refractivity contribution in [1.29, 1.82) is 0 Å². The highest BCUT2D eigenvalue weighted by atomic mass is 32.2. The third-order valence-corrected chi connectivity index (χ3v) is 6.53. The number of aliphatic imine (C=N–C) groups is 1. The lowest BCUT2D eigenvalue weighted by atomic mass is 10.0. The Bertz CT molecular complexity index is 703. The third-order valence-electron chi connectivity index (χ3n) is 5.10. The molecule has 0 aliphatic carbocycles. The fraction of sp³-hybridized carbons (Fsp3) is 0.632. The molecule has 8 heteroatoms. The van der Waals surface area contributed by atoms with E-state index in [0.717, 1.165) is 24.6 Å². The van der Waals surface area contributed by atoms with Gasteiger partial charge in [-0.1, -0.05) is 25.5 Å². The van der Waals surface area contributed by atoms with Crippen LogP contribution in [0.25, 0.3) is 0 Å². The van der Waals surface area contributed by atoms with E-state index in [4.69, 9.17) is 0 Å². The lowest BCUT2D eigenvalue weighted by Crippen LogP contribution is -2.45.